The standard InChI is InChI=1S/C10H23NO3/c1-3-13-7-4-5-11-6-8-14-10-9-12-2/h11H,3-10H2,1-2H3. The minimum Gasteiger partial charge on any atom is -0.382 e. The molecule has 0 aliphatic carbocycles. The van der Waals surface area contributed by atoms with Gasteiger partial charge in [0.2, 0.25) is 0 Å². The maximum atomic E-state index is 5.28. The van der Waals surface area contributed by atoms with Crippen molar-refractivity contribution < 1.29 is 14.2 Å². The number of hydrogen-bond donors (Lipinski definition) is 1. The summed E-state index contributed by atoms with van der Waals surface area (Å²) in [5, 5.41) is 3.28. The fourth-order valence-electron chi connectivity index (χ4n) is 0.957. The summed E-state index contributed by atoms with van der Waals surface area (Å²) in [5.41, 5.74) is 0. The van der Waals surface area contributed by atoms with Gasteiger partial charge in [0.05, 0.1) is 19.8 Å². The summed E-state index contributed by atoms with van der Waals surface area (Å²) < 4.78 is 15.3. The molecule has 0 aromatic carbocycles. The molecule has 0 aliphatic rings. The Hall–Kier alpha value is -0.160. The first-order valence-electron chi connectivity index (χ1n) is 5.27. The predicted molar refractivity (Wildman–Crippen MR) is 56.7 cm³/mol. The molecular weight excluding hydrogens is 182 g/mol. The van der Waals surface area contributed by atoms with Crippen molar-refractivity contribution in [2.75, 3.05) is 53.2 Å². The van der Waals surface area contributed by atoms with Crippen LogP contribution in [0, 0.1) is 0 Å². The highest BCUT2D eigenvalue weighted by Gasteiger charge is 1.89. The van der Waals surface area contributed by atoms with E-state index in [-0.39, 0.29) is 0 Å². The summed E-state index contributed by atoms with van der Waals surface area (Å²) >= 11 is 0. The van der Waals surface area contributed by atoms with Gasteiger partial charge in [-0.2, -0.15) is 0 Å². The number of nitrogens with one attached hydrogen (secondary N) is 1. The van der Waals surface area contributed by atoms with Crippen LogP contribution in [-0.4, -0.2) is 53.2 Å². The van der Waals surface area contributed by atoms with Gasteiger partial charge in [-0.05, 0) is 19.9 Å². The molecule has 0 radical (unpaired) electrons. The monoisotopic (exact) mass is 205 g/mol. The third-order valence-corrected chi connectivity index (χ3v) is 1.70. The molecule has 0 rings (SSSR count). The zero-order chi connectivity index (χ0) is 10.5. The van der Waals surface area contributed by atoms with Crippen molar-refractivity contribution in [1.82, 2.24) is 5.32 Å². The lowest BCUT2D eigenvalue weighted by Crippen LogP contribution is -2.22. The number of ether oxygens (including phenoxy) is 3. The Labute approximate surface area is 86.9 Å². The van der Waals surface area contributed by atoms with Crippen LogP contribution in [0.25, 0.3) is 0 Å². The van der Waals surface area contributed by atoms with Crippen molar-refractivity contribution in [3.8, 4) is 0 Å². The molecule has 86 valence electrons. The van der Waals surface area contributed by atoms with Gasteiger partial charge in [0.25, 0.3) is 0 Å². The number of rotatable bonds is 11. The van der Waals surface area contributed by atoms with Crippen LogP contribution in [0.4, 0.5) is 0 Å². The molecule has 0 bridgehead atoms. The van der Waals surface area contributed by atoms with Crippen LogP contribution in [0.3, 0.4) is 0 Å². The van der Waals surface area contributed by atoms with Crippen molar-refractivity contribution >= 4 is 0 Å². The highest BCUT2D eigenvalue weighted by Crippen LogP contribution is 1.80. The van der Waals surface area contributed by atoms with Gasteiger partial charge in [-0.15, -0.1) is 0 Å². The highest BCUT2D eigenvalue weighted by atomic mass is 16.5. The average molecular weight is 205 g/mol. The van der Waals surface area contributed by atoms with Crippen LogP contribution in [-0.2, 0) is 14.2 Å². The number of methoxy groups -OCH3 is 1. The van der Waals surface area contributed by atoms with Gasteiger partial charge in [-0.25, -0.2) is 0 Å². The summed E-state index contributed by atoms with van der Waals surface area (Å²) in [7, 11) is 1.68. The first kappa shape index (κ1) is 13.8. The second-order valence-corrected chi connectivity index (χ2v) is 2.91. The van der Waals surface area contributed by atoms with E-state index in [1.807, 2.05) is 6.92 Å². The first-order chi connectivity index (χ1) is 6.91. The molecule has 0 aromatic rings. The minimum absolute atomic E-state index is 0.671. The summed E-state index contributed by atoms with van der Waals surface area (Å²) in [6.45, 7) is 7.65. The lowest BCUT2D eigenvalue weighted by atomic mass is 10.4. The van der Waals surface area contributed by atoms with Gasteiger partial charge in [0.1, 0.15) is 0 Å². The van der Waals surface area contributed by atoms with Gasteiger partial charge in [0, 0.05) is 26.9 Å². The van der Waals surface area contributed by atoms with Gasteiger partial charge in [-0.3, -0.25) is 0 Å². The first-order valence-corrected chi connectivity index (χ1v) is 5.27. The van der Waals surface area contributed by atoms with Crippen LogP contribution in [0.5, 0.6) is 0 Å². The normalized spacial score (nSPS) is 10.7. The molecule has 1 N–H and O–H groups in total. The van der Waals surface area contributed by atoms with Gasteiger partial charge in [0.15, 0.2) is 0 Å². The molecule has 0 aromatic heterocycles. The predicted octanol–water partition coefficient (Wildman–Crippen LogP) is 0.666. The van der Waals surface area contributed by atoms with E-state index in [1.54, 1.807) is 7.11 Å². The minimum atomic E-state index is 0.671. The third-order valence-electron chi connectivity index (χ3n) is 1.70. The number of hydrogen-bond acceptors (Lipinski definition) is 4. The zero-order valence-corrected chi connectivity index (χ0v) is 9.38. The highest BCUT2D eigenvalue weighted by molar-refractivity contribution is 4.46. The topological polar surface area (TPSA) is 39.7 Å². The maximum absolute atomic E-state index is 5.28. The van der Waals surface area contributed by atoms with Crippen LogP contribution in [0.1, 0.15) is 13.3 Å². The van der Waals surface area contributed by atoms with Crippen LogP contribution < -0.4 is 5.32 Å². The van der Waals surface area contributed by atoms with E-state index < -0.39 is 0 Å². The van der Waals surface area contributed by atoms with Crippen LogP contribution in [0.2, 0.25) is 0 Å². The van der Waals surface area contributed by atoms with E-state index in [0.29, 0.717) is 13.2 Å². The van der Waals surface area contributed by atoms with E-state index in [9.17, 15) is 0 Å². The summed E-state index contributed by atoms with van der Waals surface area (Å²) in [5.74, 6) is 0. The molecule has 0 unspecified atom stereocenters. The molecule has 14 heavy (non-hydrogen) atoms. The molecule has 0 saturated carbocycles. The molecule has 0 aliphatic heterocycles. The van der Waals surface area contributed by atoms with Crippen molar-refractivity contribution in [3.63, 3.8) is 0 Å². The molecule has 0 fully saturated rings. The Morgan fingerprint density at radius 3 is 2.50 bits per heavy atom. The Morgan fingerprint density at radius 2 is 1.79 bits per heavy atom. The van der Waals surface area contributed by atoms with Crippen molar-refractivity contribution in [2.45, 2.75) is 13.3 Å². The van der Waals surface area contributed by atoms with Gasteiger partial charge in [-0.1, -0.05) is 0 Å². The molecular formula is C10H23NO3. The average Bonchev–Trinajstić information content (AvgIpc) is 2.21. The molecule has 0 heterocycles. The van der Waals surface area contributed by atoms with E-state index in [2.05, 4.69) is 5.32 Å². The van der Waals surface area contributed by atoms with Crippen molar-refractivity contribution in [1.29, 1.82) is 0 Å². The Balaban J connectivity index is 2.78. The molecule has 0 atom stereocenters. The van der Waals surface area contributed by atoms with Gasteiger partial charge < -0.3 is 19.5 Å². The largest absolute Gasteiger partial charge is 0.382 e. The quantitative estimate of drug-likeness (QED) is 0.503. The van der Waals surface area contributed by atoms with Crippen LogP contribution >= 0.6 is 0 Å². The zero-order valence-electron chi connectivity index (χ0n) is 9.38. The molecule has 4 nitrogen and oxygen atoms in total. The summed E-state index contributed by atoms with van der Waals surface area (Å²) in [6.07, 6.45) is 1.06. The second-order valence-electron chi connectivity index (χ2n) is 2.91. The molecule has 0 amide bonds. The SMILES string of the molecule is CCOCCCNCCOCCOC. The third kappa shape index (κ3) is 11.8. The Morgan fingerprint density at radius 1 is 0.929 bits per heavy atom. The molecule has 0 spiro atoms. The molecule has 4 heteroatoms. The van der Waals surface area contributed by atoms with Gasteiger partial charge >= 0.3 is 0 Å². The lowest BCUT2D eigenvalue weighted by Gasteiger charge is -2.05. The van der Waals surface area contributed by atoms with E-state index >= 15 is 0 Å². The van der Waals surface area contributed by atoms with Crippen LogP contribution in [0.15, 0.2) is 0 Å². The lowest BCUT2D eigenvalue weighted by molar-refractivity contribution is 0.0716. The summed E-state index contributed by atoms with van der Waals surface area (Å²) in [6, 6.07) is 0. The summed E-state index contributed by atoms with van der Waals surface area (Å²) in [4.78, 5) is 0. The van der Waals surface area contributed by atoms with Crippen molar-refractivity contribution in [3.05, 3.63) is 0 Å². The van der Waals surface area contributed by atoms with Crippen molar-refractivity contribution in [2.24, 2.45) is 0 Å². The van der Waals surface area contributed by atoms with E-state index in [4.69, 9.17) is 14.2 Å². The Kier molecular flexibility index (Phi) is 12.7. The maximum Gasteiger partial charge on any atom is 0.0700 e. The smallest absolute Gasteiger partial charge is 0.0700 e. The van der Waals surface area contributed by atoms with E-state index in [1.165, 1.54) is 0 Å². The fourth-order valence-corrected chi connectivity index (χ4v) is 0.957. The molecule has 0 saturated heterocycles. The fraction of sp³-hybridized carbons (Fsp3) is 1.00. The second kappa shape index (κ2) is 12.8. The van der Waals surface area contributed by atoms with E-state index in [0.717, 1.165) is 39.3 Å². The Bertz CT molecular complexity index is 89.4.